The summed E-state index contributed by atoms with van der Waals surface area (Å²) in [6, 6.07) is -1.67. The Hall–Kier alpha value is -6.48. The number of likely N-dealkylation sites (N-methyl/N-ethyl adjacent to an activating group) is 2. The van der Waals surface area contributed by atoms with Gasteiger partial charge < -0.3 is 99.3 Å². The third-order valence-corrected chi connectivity index (χ3v) is 14.1. The average Bonchev–Trinajstić information content (AvgIpc) is 1.95. The predicted molar refractivity (Wildman–Crippen MR) is 340 cm³/mol. The number of ether oxygens (including phenoxy) is 4. The standard InChI is InChI=1S/C55H104N14O15.C4H9NO/c1-39(51(56)76)17-9-12-26-63-53(78)44(19-11-14-24-59-45(70)20-15-22-47(72)66-42(35-64-54(4,5)40(2)68-79)36-65-55(6,7)41(3)69-80)67-48(73)23-16-21-46(71)61-27-29-81-31-34-84-38-50(75)62-28-30-82-32-33-83-37-49(74)60-25-13-10-18-43(58-8)52(57)77;1-4(6)3-5-2/h39,42-44,58,64-65,79-80H,9-38H2,1-8H3,(H2,56,76)(H2,57,77)(H,59,70)(H,60,74)(H,61,71)(H,62,75)(H,63,78)(H,66,72)(H,67,73);5H,3H2,1-2H3/b68-40-,69-41-;/t39-,43-,44-;/m0./s1. The number of nitrogens with zero attached hydrogens (tertiary/aromatic N) is 2. The van der Waals surface area contributed by atoms with Crippen LogP contribution in [0.1, 0.15) is 152 Å². The van der Waals surface area contributed by atoms with E-state index in [9.17, 15) is 58.4 Å². The molecule has 0 heterocycles. The van der Waals surface area contributed by atoms with Crippen LogP contribution in [-0.2, 0) is 66.9 Å². The van der Waals surface area contributed by atoms with E-state index in [-0.39, 0.29) is 164 Å². The van der Waals surface area contributed by atoms with Crippen LogP contribution in [0.15, 0.2) is 10.3 Å². The van der Waals surface area contributed by atoms with Gasteiger partial charge in [-0.1, -0.05) is 23.7 Å². The first kappa shape index (κ1) is 85.6. The van der Waals surface area contributed by atoms with Crippen molar-refractivity contribution in [1.29, 1.82) is 0 Å². The highest BCUT2D eigenvalue weighted by Gasteiger charge is 2.27. The maximum atomic E-state index is 13.3. The molecule has 90 heavy (non-hydrogen) atoms. The van der Waals surface area contributed by atoms with Crippen LogP contribution in [0.5, 0.6) is 0 Å². The van der Waals surface area contributed by atoms with Crippen molar-refractivity contribution in [2.24, 2.45) is 27.7 Å². The lowest BCUT2D eigenvalue weighted by atomic mass is 9.98. The van der Waals surface area contributed by atoms with Gasteiger partial charge in [0.2, 0.25) is 53.2 Å². The second-order valence-corrected chi connectivity index (χ2v) is 22.8. The number of hydrogen-bond acceptors (Lipinski definition) is 22. The maximum Gasteiger partial charge on any atom is 0.246 e. The molecule has 17 N–H and O–H groups in total. The Balaban J connectivity index is 0. The largest absolute Gasteiger partial charge is 0.411 e. The fourth-order valence-electron chi connectivity index (χ4n) is 7.80. The number of ketones is 1. The van der Waals surface area contributed by atoms with Crippen molar-refractivity contribution in [2.75, 3.05) is 119 Å². The minimum Gasteiger partial charge on any atom is -0.411 e. The molecule has 0 aliphatic rings. The molecule has 0 fully saturated rings. The Morgan fingerprint density at radius 1 is 0.467 bits per heavy atom. The smallest absolute Gasteiger partial charge is 0.246 e. The van der Waals surface area contributed by atoms with Crippen molar-refractivity contribution in [1.82, 2.24) is 58.5 Å². The molecular formula is C59H113N15O16. The fraction of sp³-hybridized carbons (Fsp3) is 0.797. The molecule has 0 saturated heterocycles. The summed E-state index contributed by atoms with van der Waals surface area (Å²) in [6.07, 6.45) is 5.90. The highest BCUT2D eigenvalue weighted by molar-refractivity contribution is 5.91. The summed E-state index contributed by atoms with van der Waals surface area (Å²) in [5.74, 6) is -3.08. The highest BCUT2D eigenvalue weighted by atomic mass is 16.5. The molecule has 0 aromatic carbocycles. The number of carbonyl (C=O) groups excluding carboxylic acids is 10. The van der Waals surface area contributed by atoms with E-state index < -0.39 is 40.9 Å². The molecule has 0 saturated carbocycles. The van der Waals surface area contributed by atoms with Crippen LogP contribution >= 0.6 is 0 Å². The second-order valence-electron chi connectivity index (χ2n) is 22.8. The molecule has 0 spiro atoms. The molecule has 0 radical (unpaired) electrons. The Labute approximate surface area is 532 Å². The number of nitrogens with one attached hydrogen (secondary N) is 11. The number of hydrogen-bond donors (Lipinski definition) is 15. The number of nitrogens with two attached hydrogens (primary N) is 2. The molecule has 31 nitrogen and oxygen atoms in total. The Bertz CT molecular complexity index is 2120. The molecule has 9 amide bonds. The first-order valence-electron chi connectivity index (χ1n) is 31.2. The lowest BCUT2D eigenvalue weighted by Crippen LogP contribution is -2.57. The van der Waals surface area contributed by atoms with Crippen LogP contribution < -0.4 is 70.0 Å². The number of carbonyl (C=O) groups is 10. The second kappa shape index (κ2) is 53.2. The molecule has 3 atom stereocenters. The highest BCUT2D eigenvalue weighted by Crippen LogP contribution is 2.10. The van der Waals surface area contributed by atoms with E-state index in [1.165, 1.54) is 0 Å². The lowest BCUT2D eigenvalue weighted by molar-refractivity contribution is -0.129. The first-order valence-corrected chi connectivity index (χ1v) is 31.2. The van der Waals surface area contributed by atoms with E-state index >= 15 is 0 Å². The molecule has 0 aromatic rings. The monoisotopic (exact) mass is 1290 g/mol. The van der Waals surface area contributed by atoms with E-state index in [2.05, 4.69) is 68.8 Å². The Morgan fingerprint density at radius 2 is 0.867 bits per heavy atom. The summed E-state index contributed by atoms with van der Waals surface area (Å²) in [5, 5.41) is 57.0. The molecule has 0 aliphatic heterocycles. The number of unbranched alkanes of at least 4 members (excludes halogenated alkanes) is 3. The minimum absolute atomic E-state index is 0.00564. The zero-order valence-electron chi connectivity index (χ0n) is 55.4. The van der Waals surface area contributed by atoms with Gasteiger partial charge in [-0.05, 0) is 127 Å². The number of rotatable bonds is 55. The summed E-state index contributed by atoms with van der Waals surface area (Å²) in [6.45, 7) is 17.6. The van der Waals surface area contributed by atoms with Crippen LogP contribution in [0.4, 0.5) is 0 Å². The zero-order valence-corrected chi connectivity index (χ0v) is 55.4. The van der Waals surface area contributed by atoms with Crippen LogP contribution in [0.2, 0.25) is 0 Å². The third kappa shape index (κ3) is 48.4. The van der Waals surface area contributed by atoms with Crippen LogP contribution in [0.3, 0.4) is 0 Å². The number of oxime groups is 2. The van der Waals surface area contributed by atoms with Gasteiger partial charge in [0.15, 0.2) is 0 Å². The van der Waals surface area contributed by atoms with E-state index in [1.807, 2.05) is 27.7 Å². The van der Waals surface area contributed by atoms with Crippen molar-refractivity contribution in [3.8, 4) is 0 Å². The van der Waals surface area contributed by atoms with Crippen molar-refractivity contribution >= 4 is 70.4 Å². The zero-order chi connectivity index (χ0) is 68.2. The van der Waals surface area contributed by atoms with E-state index in [4.69, 9.17) is 30.4 Å². The molecule has 0 rings (SSSR count). The Morgan fingerprint density at radius 3 is 1.29 bits per heavy atom. The molecule has 0 unspecified atom stereocenters. The predicted octanol–water partition coefficient (Wildman–Crippen LogP) is -1.12. The van der Waals surface area contributed by atoms with Gasteiger partial charge in [0.05, 0.1) is 80.8 Å². The normalized spacial score (nSPS) is 12.8. The summed E-state index contributed by atoms with van der Waals surface area (Å²) in [4.78, 5) is 121. The van der Waals surface area contributed by atoms with Gasteiger partial charge in [-0.2, -0.15) is 0 Å². The van der Waals surface area contributed by atoms with Crippen molar-refractivity contribution in [3.63, 3.8) is 0 Å². The number of Topliss-reactive ketones (excluding diaryl/α,β-unsaturated/α-hetero) is 1. The fourth-order valence-corrected chi connectivity index (χ4v) is 7.80. The molecule has 0 bridgehead atoms. The Kier molecular flexibility index (Phi) is 50.6. The van der Waals surface area contributed by atoms with E-state index in [0.717, 1.165) is 6.42 Å². The average molecular weight is 1290 g/mol. The van der Waals surface area contributed by atoms with E-state index in [0.29, 0.717) is 95.6 Å². The summed E-state index contributed by atoms with van der Waals surface area (Å²) < 4.78 is 21.5. The SMILES string of the molecule is CNCC(C)=O.CN[C@@H](CCCCNC(=O)COCCOCCNC(=O)COCCOCCNC(=O)CCCC(=O)N[C@@H](CCCCNC(=O)CCCC(=O)NC(CNC(C)(C)/C(C)=N\O)CNC(C)(C)/C(C)=N\O)C(=O)NCCCC[C@H](C)C(N)=O)C(N)=O. The first-order chi connectivity index (χ1) is 42.6. The molecule has 520 valence electrons. The van der Waals surface area contributed by atoms with Crippen LogP contribution in [0, 0.1) is 5.92 Å². The van der Waals surface area contributed by atoms with Gasteiger partial charge in [-0.3, -0.25) is 47.9 Å². The quantitative estimate of drug-likeness (QED) is 0.0148. The van der Waals surface area contributed by atoms with Gasteiger partial charge in [0.1, 0.15) is 25.0 Å². The summed E-state index contributed by atoms with van der Waals surface area (Å²) in [5.41, 5.74) is 10.2. The summed E-state index contributed by atoms with van der Waals surface area (Å²) >= 11 is 0. The topological polar surface area (TPSA) is 457 Å². The summed E-state index contributed by atoms with van der Waals surface area (Å²) in [7, 11) is 3.42. The molecular weight excluding hydrogens is 1170 g/mol. The van der Waals surface area contributed by atoms with Gasteiger partial charge in [-0.15, -0.1) is 0 Å². The van der Waals surface area contributed by atoms with Crippen molar-refractivity contribution < 1.29 is 77.3 Å². The minimum atomic E-state index is -0.866. The van der Waals surface area contributed by atoms with Gasteiger partial charge in [0, 0.05) is 77.4 Å². The van der Waals surface area contributed by atoms with Crippen LogP contribution in [-0.4, -0.2) is 229 Å². The molecule has 31 heteroatoms. The number of amides is 9. The van der Waals surface area contributed by atoms with Gasteiger partial charge in [0.25, 0.3) is 0 Å². The van der Waals surface area contributed by atoms with Gasteiger partial charge in [-0.25, -0.2) is 0 Å². The third-order valence-electron chi connectivity index (χ3n) is 14.1. The lowest BCUT2D eigenvalue weighted by Gasteiger charge is -2.32. The van der Waals surface area contributed by atoms with Crippen molar-refractivity contribution in [3.05, 3.63) is 0 Å². The van der Waals surface area contributed by atoms with Gasteiger partial charge >= 0.3 is 0 Å². The van der Waals surface area contributed by atoms with Crippen molar-refractivity contribution in [2.45, 2.75) is 181 Å². The van der Waals surface area contributed by atoms with Crippen LogP contribution in [0.25, 0.3) is 0 Å². The van der Waals surface area contributed by atoms with E-state index in [1.54, 1.807) is 41.8 Å². The maximum absolute atomic E-state index is 13.3. The number of primary amides is 2. The molecule has 0 aliphatic carbocycles. The molecule has 0 aromatic heterocycles.